The van der Waals surface area contributed by atoms with Crippen LogP contribution in [0.5, 0.6) is 5.75 Å². The Kier molecular flexibility index (Phi) is 2.35. The second-order valence-corrected chi connectivity index (χ2v) is 3.35. The summed E-state index contributed by atoms with van der Waals surface area (Å²) in [6.45, 7) is 0. The van der Waals surface area contributed by atoms with Crippen LogP contribution in [0.4, 0.5) is 0 Å². The van der Waals surface area contributed by atoms with Crippen molar-refractivity contribution in [3.05, 3.63) is 42.0 Å². The molecule has 68 valence electrons. The number of benzene rings is 1. The molecule has 1 heteroatoms. The molecule has 0 saturated carbocycles. The number of para-hydroxylation sites is 1. The lowest BCUT2D eigenvalue weighted by Gasteiger charge is -2.12. The number of rotatable bonds is 2. The molecule has 13 heavy (non-hydrogen) atoms. The first kappa shape index (κ1) is 8.36. The molecule has 0 amide bonds. The fraction of sp³-hybridized carbons (Fsp3) is 0.333. The van der Waals surface area contributed by atoms with Gasteiger partial charge in [-0.05, 0) is 18.9 Å². The fourth-order valence-corrected chi connectivity index (χ4v) is 1.86. The summed E-state index contributed by atoms with van der Waals surface area (Å²) in [7, 11) is 1.73. The van der Waals surface area contributed by atoms with Gasteiger partial charge >= 0.3 is 0 Å². The monoisotopic (exact) mass is 174 g/mol. The van der Waals surface area contributed by atoms with Gasteiger partial charge in [-0.25, -0.2) is 0 Å². The lowest BCUT2D eigenvalue weighted by Crippen LogP contribution is -1.95. The molecular formula is C12H14O. The predicted molar refractivity (Wildman–Crippen MR) is 54.1 cm³/mol. The Bertz CT molecular complexity index is 315. The molecule has 0 saturated heterocycles. The standard InChI is InChI=1S/C12H14O/c1-13-12-9-5-4-8-11(12)10-6-2-3-7-10/h2,4-6,8-10H,3,7H2,1H3. The van der Waals surface area contributed by atoms with Crippen molar-refractivity contribution in [2.75, 3.05) is 7.11 Å². The lowest BCUT2D eigenvalue weighted by molar-refractivity contribution is 0.407. The average Bonchev–Trinajstić information content (AvgIpc) is 2.70. The van der Waals surface area contributed by atoms with Crippen LogP contribution in [0.1, 0.15) is 24.3 Å². The number of allylic oxidation sites excluding steroid dienone is 2. The first-order valence-corrected chi connectivity index (χ1v) is 4.71. The number of ether oxygens (including phenoxy) is 1. The van der Waals surface area contributed by atoms with E-state index < -0.39 is 0 Å². The molecule has 1 aromatic carbocycles. The maximum atomic E-state index is 5.32. The van der Waals surface area contributed by atoms with E-state index in [9.17, 15) is 0 Å². The SMILES string of the molecule is COc1ccccc1C1C=CCC1. The van der Waals surface area contributed by atoms with Crippen molar-refractivity contribution < 1.29 is 4.74 Å². The maximum absolute atomic E-state index is 5.32. The molecule has 1 aliphatic rings. The zero-order valence-electron chi connectivity index (χ0n) is 7.86. The average molecular weight is 174 g/mol. The summed E-state index contributed by atoms with van der Waals surface area (Å²) in [6.07, 6.45) is 6.94. The van der Waals surface area contributed by atoms with E-state index in [2.05, 4.69) is 24.3 Å². The lowest BCUT2D eigenvalue weighted by atomic mass is 9.98. The van der Waals surface area contributed by atoms with Gasteiger partial charge in [0.25, 0.3) is 0 Å². The van der Waals surface area contributed by atoms with Crippen LogP contribution in [0, 0.1) is 0 Å². The van der Waals surface area contributed by atoms with Gasteiger partial charge < -0.3 is 4.74 Å². The van der Waals surface area contributed by atoms with Gasteiger partial charge in [-0.15, -0.1) is 0 Å². The molecule has 0 aliphatic heterocycles. The van der Waals surface area contributed by atoms with Crippen LogP contribution in [0.25, 0.3) is 0 Å². The highest BCUT2D eigenvalue weighted by atomic mass is 16.5. The quantitative estimate of drug-likeness (QED) is 0.626. The second kappa shape index (κ2) is 3.65. The first-order valence-electron chi connectivity index (χ1n) is 4.71. The smallest absolute Gasteiger partial charge is 0.122 e. The third-order valence-electron chi connectivity index (χ3n) is 2.55. The Balaban J connectivity index is 2.32. The Labute approximate surface area is 79.0 Å². The summed E-state index contributed by atoms with van der Waals surface area (Å²) < 4.78 is 5.32. The van der Waals surface area contributed by atoms with E-state index in [1.807, 2.05) is 12.1 Å². The van der Waals surface area contributed by atoms with Crippen molar-refractivity contribution in [1.82, 2.24) is 0 Å². The Morgan fingerprint density at radius 1 is 1.31 bits per heavy atom. The number of methoxy groups -OCH3 is 1. The Morgan fingerprint density at radius 3 is 2.85 bits per heavy atom. The minimum Gasteiger partial charge on any atom is -0.496 e. The van der Waals surface area contributed by atoms with Crippen LogP contribution in [-0.4, -0.2) is 7.11 Å². The van der Waals surface area contributed by atoms with Gasteiger partial charge in [0.05, 0.1) is 7.11 Å². The highest BCUT2D eigenvalue weighted by Gasteiger charge is 2.14. The third kappa shape index (κ3) is 1.59. The molecule has 0 bridgehead atoms. The van der Waals surface area contributed by atoms with E-state index in [4.69, 9.17) is 4.74 Å². The molecule has 1 unspecified atom stereocenters. The van der Waals surface area contributed by atoms with E-state index >= 15 is 0 Å². The molecule has 0 fully saturated rings. The molecule has 0 N–H and O–H groups in total. The predicted octanol–water partition coefficient (Wildman–Crippen LogP) is 3.13. The summed E-state index contributed by atoms with van der Waals surface area (Å²) in [5, 5.41) is 0. The van der Waals surface area contributed by atoms with Gasteiger partial charge in [0.15, 0.2) is 0 Å². The van der Waals surface area contributed by atoms with Crippen LogP contribution in [0.15, 0.2) is 36.4 Å². The molecule has 0 aromatic heterocycles. The van der Waals surface area contributed by atoms with E-state index in [0.717, 1.165) is 5.75 Å². The summed E-state index contributed by atoms with van der Waals surface area (Å²) in [5.41, 5.74) is 1.32. The summed E-state index contributed by atoms with van der Waals surface area (Å²) in [6, 6.07) is 8.27. The van der Waals surface area contributed by atoms with E-state index in [0.29, 0.717) is 5.92 Å². The van der Waals surface area contributed by atoms with Gasteiger partial charge in [0.2, 0.25) is 0 Å². The van der Waals surface area contributed by atoms with Crippen LogP contribution in [0.2, 0.25) is 0 Å². The van der Waals surface area contributed by atoms with Crippen LogP contribution in [0.3, 0.4) is 0 Å². The molecule has 1 aliphatic carbocycles. The first-order chi connectivity index (χ1) is 6.42. The molecule has 1 aromatic rings. The van der Waals surface area contributed by atoms with Crippen molar-refractivity contribution >= 4 is 0 Å². The second-order valence-electron chi connectivity index (χ2n) is 3.35. The number of hydrogen-bond donors (Lipinski definition) is 0. The Hall–Kier alpha value is -1.24. The third-order valence-corrected chi connectivity index (χ3v) is 2.55. The van der Waals surface area contributed by atoms with Gasteiger partial charge in [-0.3, -0.25) is 0 Å². The summed E-state index contributed by atoms with van der Waals surface area (Å²) in [4.78, 5) is 0. The summed E-state index contributed by atoms with van der Waals surface area (Å²) >= 11 is 0. The van der Waals surface area contributed by atoms with Crippen LogP contribution < -0.4 is 4.74 Å². The zero-order chi connectivity index (χ0) is 9.10. The Morgan fingerprint density at radius 2 is 2.15 bits per heavy atom. The van der Waals surface area contributed by atoms with Gasteiger partial charge in [0.1, 0.15) is 5.75 Å². The van der Waals surface area contributed by atoms with E-state index in [1.165, 1.54) is 18.4 Å². The largest absolute Gasteiger partial charge is 0.496 e. The maximum Gasteiger partial charge on any atom is 0.122 e. The van der Waals surface area contributed by atoms with Crippen molar-refractivity contribution in [3.63, 3.8) is 0 Å². The minimum atomic E-state index is 0.566. The van der Waals surface area contributed by atoms with Gasteiger partial charge in [-0.2, -0.15) is 0 Å². The molecule has 1 nitrogen and oxygen atoms in total. The molecule has 0 radical (unpaired) electrons. The molecule has 0 heterocycles. The molecule has 0 spiro atoms. The summed E-state index contributed by atoms with van der Waals surface area (Å²) in [5.74, 6) is 1.58. The normalized spacial score (nSPS) is 20.5. The van der Waals surface area contributed by atoms with Crippen molar-refractivity contribution in [2.45, 2.75) is 18.8 Å². The molecule has 1 atom stereocenters. The van der Waals surface area contributed by atoms with Crippen molar-refractivity contribution in [3.8, 4) is 5.75 Å². The van der Waals surface area contributed by atoms with E-state index in [-0.39, 0.29) is 0 Å². The zero-order valence-corrected chi connectivity index (χ0v) is 7.86. The van der Waals surface area contributed by atoms with Crippen LogP contribution >= 0.6 is 0 Å². The number of hydrogen-bond acceptors (Lipinski definition) is 1. The highest BCUT2D eigenvalue weighted by Crippen LogP contribution is 2.33. The fourth-order valence-electron chi connectivity index (χ4n) is 1.86. The van der Waals surface area contributed by atoms with Crippen molar-refractivity contribution in [1.29, 1.82) is 0 Å². The minimum absolute atomic E-state index is 0.566. The van der Waals surface area contributed by atoms with E-state index in [1.54, 1.807) is 7.11 Å². The van der Waals surface area contributed by atoms with Crippen LogP contribution in [-0.2, 0) is 0 Å². The van der Waals surface area contributed by atoms with Gasteiger partial charge in [0, 0.05) is 11.5 Å². The highest BCUT2D eigenvalue weighted by molar-refractivity contribution is 5.39. The van der Waals surface area contributed by atoms with Crippen molar-refractivity contribution in [2.24, 2.45) is 0 Å². The molecule has 2 rings (SSSR count). The molecular weight excluding hydrogens is 160 g/mol. The topological polar surface area (TPSA) is 9.23 Å². The van der Waals surface area contributed by atoms with Gasteiger partial charge in [-0.1, -0.05) is 30.4 Å².